The molecule has 0 unspecified atom stereocenters. The molecule has 5 heterocycles. The van der Waals surface area contributed by atoms with Gasteiger partial charge in [-0.15, -0.1) is 11.3 Å². The van der Waals surface area contributed by atoms with Crippen LogP contribution >= 0.6 is 23.3 Å². The lowest BCUT2D eigenvalue weighted by molar-refractivity contribution is 0.0982. The van der Waals surface area contributed by atoms with Crippen LogP contribution in [0, 0.1) is 0 Å². The average molecular weight is 685 g/mol. The van der Waals surface area contributed by atoms with Gasteiger partial charge in [0.2, 0.25) is 5.95 Å². The SMILES string of the molecule is CCc1cc(Nc2nc(Nc3ccc4nccnc4c3N(C)SC)c3ccsc3n2)c(OC)cc1N1CCC(N2CCN(C)CC2)CC1. The Bertz CT molecular complexity index is 1880. The van der Waals surface area contributed by atoms with Gasteiger partial charge in [0.25, 0.3) is 0 Å². The van der Waals surface area contributed by atoms with E-state index in [0.29, 0.717) is 12.0 Å². The van der Waals surface area contributed by atoms with E-state index in [9.17, 15) is 0 Å². The number of aromatic nitrogens is 4. The van der Waals surface area contributed by atoms with Crippen molar-refractivity contribution in [3.63, 3.8) is 0 Å². The quantitative estimate of drug-likeness (QED) is 0.155. The van der Waals surface area contributed by atoms with Crippen molar-refractivity contribution in [1.29, 1.82) is 0 Å². The van der Waals surface area contributed by atoms with E-state index in [2.05, 4.69) is 71.8 Å². The van der Waals surface area contributed by atoms with Crippen molar-refractivity contribution >= 4 is 79.1 Å². The molecule has 48 heavy (non-hydrogen) atoms. The van der Waals surface area contributed by atoms with Crippen LogP contribution in [0.4, 0.5) is 34.5 Å². The second-order valence-corrected chi connectivity index (χ2v) is 14.3. The molecule has 5 aromatic rings. The number of nitrogens with one attached hydrogen (secondary N) is 2. The largest absolute Gasteiger partial charge is 0.494 e. The summed E-state index contributed by atoms with van der Waals surface area (Å²) in [4.78, 5) is 27.7. The van der Waals surface area contributed by atoms with Crippen LogP contribution in [0.25, 0.3) is 21.3 Å². The molecule has 3 aromatic heterocycles. The third-order valence-electron chi connectivity index (χ3n) is 9.67. The first-order chi connectivity index (χ1) is 23.4. The zero-order valence-electron chi connectivity index (χ0n) is 28.4. The molecule has 0 radical (unpaired) electrons. The van der Waals surface area contributed by atoms with Crippen molar-refractivity contribution < 1.29 is 4.74 Å². The van der Waals surface area contributed by atoms with Crippen LogP contribution < -0.4 is 24.6 Å². The topological polar surface area (TPSA) is 97.8 Å². The molecule has 2 aliphatic heterocycles. The maximum Gasteiger partial charge on any atom is 0.230 e. The van der Waals surface area contributed by atoms with Gasteiger partial charge < -0.3 is 29.5 Å². The number of rotatable bonds is 10. The van der Waals surface area contributed by atoms with E-state index < -0.39 is 0 Å². The van der Waals surface area contributed by atoms with Gasteiger partial charge in [-0.25, -0.2) is 4.98 Å². The van der Waals surface area contributed by atoms with Gasteiger partial charge in [-0.1, -0.05) is 18.9 Å². The molecule has 2 aliphatic rings. The van der Waals surface area contributed by atoms with Crippen LogP contribution in [0.3, 0.4) is 0 Å². The second-order valence-electron chi connectivity index (χ2n) is 12.4. The van der Waals surface area contributed by atoms with Crippen molar-refractivity contribution in [3.8, 4) is 5.75 Å². The molecular formula is C35H44N10OS2. The Kier molecular flexibility index (Phi) is 9.71. The molecule has 0 bridgehead atoms. The van der Waals surface area contributed by atoms with Crippen LogP contribution in [0.15, 0.2) is 48.1 Å². The number of anilines is 6. The molecule has 7 rings (SSSR count). The number of benzene rings is 2. The first-order valence-electron chi connectivity index (χ1n) is 16.6. The molecule has 0 spiro atoms. The zero-order chi connectivity index (χ0) is 33.2. The molecule has 2 aromatic carbocycles. The number of fused-ring (bicyclic) bond motifs is 2. The summed E-state index contributed by atoms with van der Waals surface area (Å²) in [5, 5.41) is 10.1. The van der Waals surface area contributed by atoms with E-state index in [1.54, 1.807) is 42.8 Å². The van der Waals surface area contributed by atoms with Crippen LogP contribution in [0.2, 0.25) is 0 Å². The van der Waals surface area contributed by atoms with Gasteiger partial charge in [0.15, 0.2) is 0 Å². The number of ether oxygens (including phenoxy) is 1. The Morgan fingerprint density at radius 3 is 2.52 bits per heavy atom. The number of nitrogens with zero attached hydrogens (tertiary/aromatic N) is 8. The number of piperazine rings is 1. The lowest BCUT2D eigenvalue weighted by atomic mass is 9.99. The zero-order valence-corrected chi connectivity index (χ0v) is 30.0. The number of thiophene rings is 1. The Hall–Kier alpha value is -3.91. The third-order valence-corrected chi connectivity index (χ3v) is 11.2. The Morgan fingerprint density at radius 2 is 1.77 bits per heavy atom. The molecule has 0 atom stereocenters. The number of methoxy groups -OCH3 is 1. The van der Waals surface area contributed by atoms with E-state index in [1.807, 2.05) is 30.8 Å². The molecule has 2 N–H and O–H groups in total. The first-order valence-corrected chi connectivity index (χ1v) is 18.7. The fourth-order valence-electron chi connectivity index (χ4n) is 6.90. The first kappa shape index (κ1) is 32.6. The Morgan fingerprint density at radius 1 is 0.979 bits per heavy atom. The van der Waals surface area contributed by atoms with Crippen LogP contribution in [0.1, 0.15) is 25.3 Å². The van der Waals surface area contributed by atoms with Gasteiger partial charge in [-0.05, 0) is 61.5 Å². The third kappa shape index (κ3) is 6.56. The van der Waals surface area contributed by atoms with E-state index in [4.69, 9.17) is 14.7 Å². The highest BCUT2D eigenvalue weighted by Gasteiger charge is 2.28. The highest BCUT2D eigenvalue weighted by molar-refractivity contribution is 7.99. The minimum atomic E-state index is 0.508. The molecule has 0 aliphatic carbocycles. The number of hydrogen-bond acceptors (Lipinski definition) is 13. The smallest absolute Gasteiger partial charge is 0.230 e. The maximum absolute atomic E-state index is 5.98. The molecule has 2 saturated heterocycles. The number of aryl methyl sites for hydroxylation is 1. The molecule has 11 nitrogen and oxygen atoms in total. The highest BCUT2D eigenvalue weighted by atomic mass is 32.2. The summed E-state index contributed by atoms with van der Waals surface area (Å²) in [5.41, 5.74) is 6.91. The molecule has 0 amide bonds. The summed E-state index contributed by atoms with van der Waals surface area (Å²) in [6.07, 6.45) is 8.80. The fourth-order valence-corrected chi connectivity index (χ4v) is 8.04. The Labute approximate surface area is 290 Å². The van der Waals surface area contributed by atoms with Crippen LogP contribution in [-0.2, 0) is 6.42 Å². The number of likely N-dealkylation sites (N-methyl/N-ethyl adjacent to an activating group) is 1. The minimum absolute atomic E-state index is 0.508. The minimum Gasteiger partial charge on any atom is -0.494 e. The van der Waals surface area contributed by atoms with Gasteiger partial charge in [0.1, 0.15) is 21.9 Å². The van der Waals surface area contributed by atoms with Crippen molar-refractivity contribution in [2.45, 2.75) is 32.2 Å². The van der Waals surface area contributed by atoms with Crippen LogP contribution in [0.5, 0.6) is 5.75 Å². The summed E-state index contributed by atoms with van der Waals surface area (Å²) in [6.45, 7) is 9.03. The average Bonchev–Trinajstić information content (AvgIpc) is 3.60. The second kappa shape index (κ2) is 14.3. The summed E-state index contributed by atoms with van der Waals surface area (Å²) in [6, 6.07) is 11.2. The van der Waals surface area contributed by atoms with Gasteiger partial charge >= 0.3 is 0 Å². The lowest BCUT2D eigenvalue weighted by Crippen LogP contribution is -2.52. The summed E-state index contributed by atoms with van der Waals surface area (Å²) >= 11 is 3.21. The van der Waals surface area contributed by atoms with Gasteiger partial charge in [0.05, 0.1) is 35.1 Å². The predicted molar refractivity (Wildman–Crippen MR) is 202 cm³/mol. The van der Waals surface area contributed by atoms with Crippen molar-refractivity contribution in [3.05, 3.63) is 53.7 Å². The number of hydrogen-bond donors (Lipinski definition) is 2. The van der Waals surface area contributed by atoms with E-state index in [0.717, 1.165) is 69.4 Å². The Balaban J connectivity index is 1.16. The standard InChI is InChI=1S/C35H44N10OS2/c1-6-23-21-28(30(46-4)22-29(23)45-14-9-24(10-15-45)44-18-16-42(2)17-19-44)39-35-40-33(25-11-20-48-34(25)41-35)38-27-8-7-26-31(37-13-12-36-26)32(27)43(3)47-5/h7-8,11-13,20-22,24H,6,9-10,14-19H2,1-5H3,(H2,38,39,40,41). The van der Waals surface area contributed by atoms with Crippen molar-refractivity contribution in [2.24, 2.45) is 0 Å². The van der Waals surface area contributed by atoms with Gasteiger partial charge in [-0.3, -0.25) is 14.9 Å². The molecular weight excluding hydrogens is 641 g/mol. The molecule has 2 fully saturated rings. The van der Waals surface area contributed by atoms with Crippen molar-refractivity contribution in [2.75, 3.05) is 86.6 Å². The van der Waals surface area contributed by atoms with Gasteiger partial charge in [-0.2, -0.15) is 4.98 Å². The monoisotopic (exact) mass is 684 g/mol. The molecule has 0 saturated carbocycles. The fraction of sp³-hybridized carbons (Fsp3) is 0.429. The summed E-state index contributed by atoms with van der Waals surface area (Å²) < 4.78 is 8.07. The maximum atomic E-state index is 5.98. The van der Waals surface area contributed by atoms with E-state index >= 15 is 0 Å². The van der Waals surface area contributed by atoms with Gasteiger partial charge in [0, 0.05) is 82.8 Å². The molecule has 252 valence electrons. The number of piperidine rings is 1. The van der Waals surface area contributed by atoms with E-state index in [1.165, 1.54) is 50.3 Å². The summed E-state index contributed by atoms with van der Waals surface area (Å²) in [5.74, 6) is 2.01. The predicted octanol–water partition coefficient (Wildman–Crippen LogP) is 6.62. The summed E-state index contributed by atoms with van der Waals surface area (Å²) in [7, 11) is 5.99. The van der Waals surface area contributed by atoms with Crippen molar-refractivity contribution in [1.82, 2.24) is 29.7 Å². The molecule has 13 heteroatoms. The van der Waals surface area contributed by atoms with Crippen LogP contribution in [-0.4, -0.2) is 103 Å². The van der Waals surface area contributed by atoms with E-state index in [-0.39, 0.29) is 0 Å². The highest BCUT2D eigenvalue weighted by Crippen LogP contribution is 2.40. The lowest BCUT2D eigenvalue weighted by Gasteiger charge is -2.43. The normalized spacial score (nSPS) is 16.5.